The van der Waals surface area contributed by atoms with Gasteiger partial charge in [0.05, 0.1) is 12.7 Å². The first-order chi connectivity index (χ1) is 11.5. The fraction of sp³-hybridized carbons (Fsp3) is 0.333. The van der Waals surface area contributed by atoms with Gasteiger partial charge in [-0.05, 0) is 28.5 Å². The molecule has 3 rings (SSSR count). The maximum Gasteiger partial charge on any atom is 0.113 e. The maximum absolute atomic E-state index is 4.41. The van der Waals surface area contributed by atoms with Crippen LogP contribution in [-0.4, -0.2) is 15.0 Å². The topological polar surface area (TPSA) is 30.7 Å². The monoisotopic (exact) mass is 319 g/mol. The fourth-order valence-electron chi connectivity index (χ4n) is 2.92. The molecule has 0 bridgehead atoms. The van der Waals surface area contributed by atoms with E-state index < -0.39 is 0 Å². The van der Waals surface area contributed by atoms with E-state index in [-0.39, 0.29) is 0 Å². The van der Waals surface area contributed by atoms with Crippen LogP contribution in [0.15, 0.2) is 54.7 Å². The molecule has 0 fully saturated rings. The highest BCUT2D eigenvalue weighted by Crippen LogP contribution is 2.31. The Morgan fingerprint density at radius 2 is 1.67 bits per heavy atom. The van der Waals surface area contributed by atoms with E-state index in [0.717, 1.165) is 12.2 Å². The molecule has 1 heterocycles. The molecule has 0 atom stereocenters. The van der Waals surface area contributed by atoms with Gasteiger partial charge in [0, 0.05) is 5.56 Å². The van der Waals surface area contributed by atoms with Gasteiger partial charge in [-0.2, -0.15) is 0 Å². The van der Waals surface area contributed by atoms with Crippen molar-refractivity contribution < 1.29 is 0 Å². The average Bonchev–Trinajstić information content (AvgIpc) is 3.03. The van der Waals surface area contributed by atoms with Crippen LogP contribution in [0, 0.1) is 0 Å². The maximum atomic E-state index is 4.41. The summed E-state index contributed by atoms with van der Waals surface area (Å²) in [4.78, 5) is 0. The summed E-state index contributed by atoms with van der Waals surface area (Å²) in [6.45, 7) is 9.67. The smallest absolute Gasteiger partial charge is 0.113 e. The summed E-state index contributed by atoms with van der Waals surface area (Å²) in [5.74, 6) is 0.989. The summed E-state index contributed by atoms with van der Waals surface area (Å²) in [5.41, 5.74) is 6.08. The van der Waals surface area contributed by atoms with Crippen LogP contribution in [-0.2, 0) is 6.54 Å². The molecular formula is C21H25N3. The average molecular weight is 319 g/mol. The lowest BCUT2D eigenvalue weighted by Gasteiger charge is -2.15. The zero-order chi connectivity index (χ0) is 17.1. The van der Waals surface area contributed by atoms with Crippen LogP contribution >= 0.6 is 0 Å². The van der Waals surface area contributed by atoms with Crippen molar-refractivity contribution in [1.82, 2.24) is 15.0 Å². The molecule has 0 unspecified atom stereocenters. The van der Waals surface area contributed by atoms with Gasteiger partial charge in [-0.15, -0.1) is 5.10 Å². The lowest BCUT2D eigenvalue weighted by atomic mass is 9.90. The standard InChI is InChI=1S/C21H25N3/c1-15(2)18-10-11-19(20(12-18)16(3)4)21-14-24(23-22-21)13-17-8-6-5-7-9-17/h5-12,14-16H,13H2,1-4H3. The Kier molecular flexibility index (Phi) is 4.79. The molecule has 1 aromatic heterocycles. The number of hydrogen-bond donors (Lipinski definition) is 0. The zero-order valence-corrected chi connectivity index (χ0v) is 14.9. The molecule has 0 amide bonds. The van der Waals surface area contributed by atoms with Gasteiger partial charge in [0.1, 0.15) is 5.69 Å². The number of benzene rings is 2. The highest BCUT2D eigenvalue weighted by molar-refractivity contribution is 5.64. The van der Waals surface area contributed by atoms with Gasteiger partial charge in [-0.1, -0.05) is 81.4 Å². The molecule has 0 saturated carbocycles. The normalized spacial score (nSPS) is 11.4. The van der Waals surface area contributed by atoms with Gasteiger partial charge < -0.3 is 0 Å². The Morgan fingerprint density at radius 3 is 2.33 bits per heavy atom. The van der Waals surface area contributed by atoms with E-state index >= 15 is 0 Å². The first kappa shape index (κ1) is 16.4. The van der Waals surface area contributed by atoms with Crippen LogP contribution in [0.5, 0.6) is 0 Å². The second-order valence-corrected chi connectivity index (χ2v) is 6.94. The highest BCUT2D eigenvalue weighted by Gasteiger charge is 2.14. The van der Waals surface area contributed by atoms with Gasteiger partial charge in [0.2, 0.25) is 0 Å². The molecule has 2 aromatic carbocycles. The summed E-state index contributed by atoms with van der Waals surface area (Å²) in [5, 5.41) is 8.73. The quantitative estimate of drug-likeness (QED) is 0.644. The van der Waals surface area contributed by atoms with E-state index in [1.54, 1.807) is 0 Å². The largest absolute Gasteiger partial charge is 0.247 e. The molecule has 0 aliphatic rings. The number of nitrogens with zero attached hydrogens (tertiary/aromatic N) is 3. The molecule has 0 N–H and O–H groups in total. The van der Waals surface area contributed by atoms with Crippen molar-refractivity contribution in [2.75, 3.05) is 0 Å². The number of rotatable bonds is 5. The molecule has 0 radical (unpaired) electrons. The molecule has 0 aliphatic carbocycles. The minimum atomic E-state index is 0.456. The summed E-state index contributed by atoms with van der Waals surface area (Å²) in [7, 11) is 0. The summed E-state index contributed by atoms with van der Waals surface area (Å²) in [6.07, 6.45) is 2.04. The zero-order valence-electron chi connectivity index (χ0n) is 14.9. The van der Waals surface area contributed by atoms with Gasteiger partial charge in [0.15, 0.2) is 0 Å². The summed E-state index contributed by atoms with van der Waals surface area (Å²) < 4.78 is 1.91. The Balaban J connectivity index is 1.92. The van der Waals surface area contributed by atoms with Gasteiger partial charge in [0.25, 0.3) is 0 Å². The van der Waals surface area contributed by atoms with Crippen LogP contribution < -0.4 is 0 Å². The highest BCUT2D eigenvalue weighted by atomic mass is 15.4. The van der Waals surface area contributed by atoms with Crippen molar-refractivity contribution in [1.29, 1.82) is 0 Å². The van der Waals surface area contributed by atoms with E-state index in [2.05, 4.69) is 80.5 Å². The third-order valence-corrected chi connectivity index (χ3v) is 4.37. The van der Waals surface area contributed by atoms with E-state index in [0.29, 0.717) is 11.8 Å². The minimum Gasteiger partial charge on any atom is -0.247 e. The number of aromatic nitrogens is 3. The SMILES string of the molecule is CC(C)c1ccc(-c2cn(Cc3ccccc3)nn2)c(C(C)C)c1. The van der Waals surface area contributed by atoms with Crippen LogP contribution in [0.3, 0.4) is 0 Å². The first-order valence-electron chi connectivity index (χ1n) is 8.63. The number of hydrogen-bond acceptors (Lipinski definition) is 2. The molecule has 3 nitrogen and oxygen atoms in total. The van der Waals surface area contributed by atoms with E-state index in [1.807, 2.05) is 16.9 Å². The predicted molar refractivity (Wildman–Crippen MR) is 99.2 cm³/mol. The molecule has 0 saturated heterocycles. The van der Waals surface area contributed by atoms with Crippen LogP contribution in [0.4, 0.5) is 0 Å². The van der Waals surface area contributed by atoms with E-state index in [9.17, 15) is 0 Å². The van der Waals surface area contributed by atoms with Crippen LogP contribution in [0.1, 0.15) is 56.2 Å². The third kappa shape index (κ3) is 3.56. The Bertz CT molecular complexity index is 801. The Labute approximate surface area is 144 Å². The predicted octanol–water partition coefficient (Wildman–Crippen LogP) is 5.24. The third-order valence-electron chi connectivity index (χ3n) is 4.37. The van der Waals surface area contributed by atoms with Gasteiger partial charge >= 0.3 is 0 Å². The minimum absolute atomic E-state index is 0.456. The Morgan fingerprint density at radius 1 is 0.917 bits per heavy atom. The molecule has 0 spiro atoms. The van der Waals surface area contributed by atoms with Gasteiger partial charge in [-0.25, -0.2) is 4.68 Å². The van der Waals surface area contributed by atoms with Crippen LogP contribution in [0.25, 0.3) is 11.3 Å². The molecule has 3 aromatic rings. The van der Waals surface area contributed by atoms with Crippen molar-refractivity contribution in [2.24, 2.45) is 0 Å². The molecule has 3 heteroatoms. The second-order valence-electron chi connectivity index (χ2n) is 6.94. The Hall–Kier alpha value is -2.42. The van der Waals surface area contributed by atoms with Crippen molar-refractivity contribution in [3.8, 4) is 11.3 Å². The fourth-order valence-corrected chi connectivity index (χ4v) is 2.92. The molecule has 24 heavy (non-hydrogen) atoms. The van der Waals surface area contributed by atoms with Crippen molar-refractivity contribution in [3.05, 3.63) is 71.4 Å². The van der Waals surface area contributed by atoms with Gasteiger partial charge in [-0.3, -0.25) is 0 Å². The van der Waals surface area contributed by atoms with E-state index in [1.165, 1.54) is 22.3 Å². The molecule has 0 aliphatic heterocycles. The molecular weight excluding hydrogens is 294 g/mol. The lowest BCUT2D eigenvalue weighted by molar-refractivity contribution is 0.650. The second kappa shape index (κ2) is 7.00. The van der Waals surface area contributed by atoms with Crippen molar-refractivity contribution in [3.63, 3.8) is 0 Å². The van der Waals surface area contributed by atoms with E-state index in [4.69, 9.17) is 0 Å². The summed E-state index contributed by atoms with van der Waals surface area (Å²) >= 11 is 0. The van der Waals surface area contributed by atoms with Crippen LogP contribution in [0.2, 0.25) is 0 Å². The first-order valence-corrected chi connectivity index (χ1v) is 8.63. The summed E-state index contributed by atoms with van der Waals surface area (Å²) in [6, 6.07) is 17.1. The lowest BCUT2D eigenvalue weighted by Crippen LogP contribution is -1.99. The molecule has 124 valence electrons. The van der Waals surface area contributed by atoms with Crippen molar-refractivity contribution in [2.45, 2.75) is 46.1 Å². The van der Waals surface area contributed by atoms with Crippen molar-refractivity contribution >= 4 is 0 Å².